The van der Waals surface area contributed by atoms with Crippen molar-refractivity contribution in [2.75, 3.05) is 25.0 Å². The summed E-state index contributed by atoms with van der Waals surface area (Å²) in [6.45, 7) is 3.62. The number of piperidine rings is 3. The molecule has 1 aromatic rings. The summed E-state index contributed by atoms with van der Waals surface area (Å²) in [5.41, 5.74) is 2.65. The van der Waals surface area contributed by atoms with Gasteiger partial charge in [0.25, 0.3) is 0 Å². The van der Waals surface area contributed by atoms with E-state index >= 15 is 0 Å². The van der Waals surface area contributed by atoms with Crippen molar-refractivity contribution in [3.05, 3.63) is 36.2 Å². The minimum Gasteiger partial charge on any atom is -0.342 e. The third-order valence-corrected chi connectivity index (χ3v) is 7.17. The lowest BCUT2D eigenvalue weighted by Crippen LogP contribution is -2.60. The van der Waals surface area contributed by atoms with E-state index in [9.17, 15) is 0 Å². The average Bonchev–Trinajstić information content (AvgIpc) is 2.68. The molecule has 1 aliphatic carbocycles. The summed E-state index contributed by atoms with van der Waals surface area (Å²) in [6, 6.07) is 5.30. The predicted octanol–water partition coefficient (Wildman–Crippen LogP) is 3.67. The highest BCUT2D eigenvalue weighted by Crippen LogP contribution is 2.45. The van der Waals surface area contributed by atoms with Crippen LogP contribution in [-0.4, -0.2) is 51.6 Å². The molecule has 4 heterocycles. The van der Waals surface area contributed by atoms with E-state index < -0.39 is 0 Å². The molecule has 3 saturated heterocycles. The number of rotatable bonds is 1. The van der Waals surface area contributed by atoms with Crippen LogP contribution in [0.2, 0.25) is 0 Å². The molecule has 0 saturated carbocycles. The fourth-order valence-corrected chi connectivity index (χ4v) is 6.16. The molecule has 0 amide bonds. The van der Waals surface area contributed by atoms with Crippen molar-refractivity contribution < 1.29 is 0 Å². The Labute approximate surface area is 161 Å². The van der Waals surface area contributed by atoms with E-state index in [4.69, 9.17) is 12.2 Å². The molecule has 4 atom stereocenters. The first-order valence-corrected chi connectivity index (χ1v) is 10.6. The number of nitrogens with zero attached hydrogens (tertiary/aromatic N) is 3. The summed E-state index contributed by atoms with van der Waals surface area (Å²) in [7, 11) is 0. The number of aromatic nitrogens is 1. The molecule has 1 aromatic heterocycles. The maximum atomic E-state index is 5.83. The molecule has 4 aliphatic rings. The summed E-state index contributed by atoms with van der Waals surface area (Å²) >= 11 is 5.83. The van der Waals surface area contributed by atoms with E-state index in [2.05, 4.69) is 26.2 Å². The van der Waals surface area contributed by atoms with Gasteiger partial charge in [-0.2, -0.15) is 0 Å². The van der Waals surface area contributed by atoms with E-state index in [1.807, 2.05) is 18.3 Å². The summed E-state index contributed by atoms with van der Waals surface area (Å²) in [5, 5.41) is 4.30. The van der Waals surface area contributed by atoms with Gasteiger partial charge in [-0.1, -0.05) is 18.1 Å². The zero-order valence-corrected chi connectivity index (χ0v) is 16.1. The maximum Gasteiger partial charge on any atom is 0.173 e. The van der Waals surface area contributed by atoms with Gasteiger partial charge in [0.1, 0.15) is 0 Å². The van der Waals surface area contributed by atoms with E-state index in [1.165, 1.54) is 51.6 Å². The Kier molecular flexibility index (Phi) is 4.45. The fourth-order valence-electron chi connectivity index (χ4n) is 5.83. The number of pyridine rings is 1. The third-order valence-electron chi connectivity index (χ3n) is 6.83. The van der Waals surface area contributed by atoms with Gasteiger partial charge in [0.15, 0.2) is 5.11 Å². The Morgan fingerprint density at radius 1 is 1.23 bits per heavy atom. The second kappa shape index (κ2) is 6.93. The summed E-state index contributed by atoms with van der Waals surface area (Å²) < 4.78 is 0. The van der Waals surface area contributed by atoms with Gasteiger partial charge >= 0.3 is 0 Å². The lowest BCUT2D eigenvalue weighted by molar-refractivity contribution is 0.0132. The lowest BCUT2D eigenvalue weighted by Gasteiger charge is -2.55. The topological polar surface area (TPSA) is 31.4 Å². The normalized spacial score (nSPS) is 33.7. The zero-order valence-electron chi connectivity index (χ0n) is 15.3. The van der Waals surface area contributed by atoms with Crippen LogP contribution in [0.3, 0.4) is 0 Å². The number of hydrogen-bond donors (Lipinski definition) is 1. The molecule has 26 heavy (non-hydrogen) atoms. The van der Waals surface area contributed by atoms with Crippen molar-refractivity contribution in [2.45, 2.75) is 50.6 Å². The second-order valence-corrected chi connectivity index (χ2v) is 8.76. The molecule has 3 aliphatic heterocycles. The van der Waals surface area contributed by atoms with Gasteiger partial charge in [0, 0.05) is 25.3 Å². The zero-order chi connectivity index (χ0) is 17.5. The second-order valence-electron chi connectivity index (χ2n) is 8.37. The highest BCUT2D eigenvalue weighted by atomic mass is 32.1. The number of fused-ring (bicyclic) bond motifs is 6. The van der Waals surface area contributed by atoms with Crippen molar-refractivity contribution in [1.82, 2.24) is 14.8 Å². The Hall–Kier alpha value is -1.46. The first-order valence-electron chi connectivity index (χ1n) is 10.2. The summed E-state index contributed by atoms with van der Waals surface area (Å²) in [6.07, 6.45) is 14.3. The molecule has 0 spiro atoms. The van der Waals surface area contributed by atoms with Crippen molar-refractivity contribution in [3.8, 4) is 0 Å². The number of likely N-dealkylation sites (tertiary alicyclic amines) is 1. The maximum absolute atomic E-state index is 5.83. The standard InChI is InChI=1S/C21H28N4S/c26-21(23-18-6-3-8-22-13-18)25-10-4-5-15-11-16-12-17(20(15)25)14-24-9-2-1-7-19(16)24/h3,6,8,11,13,16-17,19-20H,1-2,4-5,7,9-10,12,14H2,(H,23,26)/t16-,17+,19-,20-/m1/s1. The number of hydrogen-bond acceptors (Lipinski definition) is 3. The van der Waals surface area contributed by atoms with E-state index in [-0.39, 0.29) is 0 Å². The third kappa shape index (κ3) is 2.95. The van der Waals surface area contributed by atoms with Crippen molar-refractivity contribution in [3.63, 3.8) is 0 Å². The lowest BCUT2D eigenvalue weighted by atomic mass is 9.68. The average molecular weight is 369 g/mol. The van der Waals surface area contributed by atoms with E-state index in [0.29, 0.717) is 6.04 Å². The Bertz CT molecular complexity index is 703. The summed E-state index contributed by atoms with van der Waals surface area (Å²) in [4.78, 5) is 9.47. The van der Waals surface area contributed by atoms with Crippen LogP contribution in [0, 0.1) is 11.8 Å². The SMILES string of the molecule is S=C(Nc1cccnc1)N1CCCC2=C[C@@H]3C[C@@H](CN4CCCC[C@H]34)[C@@H]21. The number of nitrogens with one attached hydrogen (secondary N) is 1. The first kappa shape index (κ1) is 16.7. The predicted molar refractivity (Wildman–Crippen MR) is 109 cm³/mol. The largest absolute Gasteiger partial charge is 0.342 e. The molecule has 138 valence electrons. The van der Waals surface area contributed by atoms with Crippen LogP contribution < -0.4 is 5.32 Å². The highest BCUT2D eigenvalue weighted by molar-refractivity contribution is 7.80. The number of thiocarbonyl (C=S) groups is 1. The van der Waals surface area contributed by atoms with Gasteiger partial charge in [-0.15, -0.1) is 0 Å². The Morgan fingerprint density at radius 2 is 2.19 bits per heavy atom. The van der Waals surface area contributed by atoms with Crippen LogP contribution in [-0.2, 0) is 0 Å². The molecule has 3 fully saturated rings. The van der Waals surface area contributed by atoms with Crippen LogP contribution in [0.25, 0.3) is 0 Å². The van der Waals surface area contributed by atoms with Gasteiger partial charge in [-0.25, -0.2) is 0 Å². The monoisotopic (exact) mass is 368 g/mol. The van der Waals surface area contributed by atoms with Crippen LogP contribution in [0.15, 0.2) is 36.2 Å². The van der Waals surface area contributed by atoms with Crippen LogP contribution in [0.5, 0.6) is 0 Å². The van der Waals surface area contributed by atoms with Gasteiger partial charge in [0.05, 0.1) is 17.9 Å². The smallest absolute Gasteiger partial charge is 0.173 e. The van der Waals surface area contributed by atoms with Crippen molar-refractivity contribution >= 4 is 23.0 Å². The molecule has 5 heteroatoms. The Balaban J connectivity index is 1.39. The molecule has 0 radical (unpaired) electrons. The highest BCUT2D eigenvalue weighted by Gasteiger charge is 2.46. The van der Waals surface area contributed by atoms with Gasteiger partial charge < -0.3 is 10.2 Å². The van der Waals surface area contributed by atoms with Gasteiger partial charge in [0.2, 0.25) is 0 Å². The number of anilines is 1. The molecule has 1 N–H and O–H groups in total. The van der Waals surface area contributed by atoms with Crippen molar-refractivity contribution in [1.29, 1.82) is 0 Å². The molecular formula is C21H28N4S. The molecule has 0 unspecified atom stereocenters. The molecular weight excluding hydrogens is 340 g/mol. The fraction of sp³-hybridized carbons (Fsp3) is 0.619. The Morgan fingerprint density at radius 3 is 3.08 bits per heavy atom. The van der Waals surface area contributed by atoms with Crippen molar-refractivity contribution in [2.24, 2.45) is 11.8 Å². The minimum absolute atomic E-state index is 0.500. The van der Waals surface area contributed by atoms with Crippen LogP contribution in [0.4, 0.5) is 5.69 Å². The van der Waals surface area contributed by atoms with E-state index in [0.717, 1.165) is 35.2 Å². The van der Waals surface area contributed by atoms with Crippen LogP contribution >= 0.6 is 12.2 Å². The van der Waals surface area contributed by atoms with E-state index in [1.54, 1.807) is 11.8 Å². The summed E-state index contributed by atoms with van der Waals surface area (Å²) in [5.74, 6) is 1.50. The van der Waals surface area contributed by atoms with Gasteiger partial charge in [-0.05, 0) is 74.8 Å². The molecule has 5 rings (SSSR count). The first-order chi connectivity index (χ1) is 12.8. The molecule has 2 bridgehead atoms. The minimum atomic E-state index is 0.500. The molecule has 4 nitrogen and oxygen atoms in total. The van der Waals surface area contributed by atoms with Gasteiger partial charge in [-0.3, -0.25) is 9.88 Å². The van der Waals surface area contributed by atoms with Crippen LogP contribution in [0.1, 0.15) is 38.5 Å². The quantitative estimate of drug-likeness (QED) is 0.604. The molecule has 0 aromatic carbocycles.